The Morgan fingerprint density at radius 3 is 2.47 bits per heavy atom. The number of hydrogen-bond donors (Lipinski definition) is 0. The van der Waals surface area contributed by atoms with Crippen LogP contribution >= 0.6 is 0 Å². The van der Waals surface area contributed by atoms with E-state index >= 15 is 0 Å². The van der Waals surface area contributed by atoms with Gasteiger partial charge in [0.05, 0.1) is 6.61 Å². The summed E-state index contributed by atoms with van der Waals surface area (Å²) >= 11 is 0. The van der Waals surface area contributed by atoms with Crippen molar-refractivity contribution in [2.75, 3.05) is 6.61 Å². The van der Waals surface area contributed by atoms with Gasteiger partial charge in [0.25, 0.3) is 0 Å². The molecule has 0 saturated heterocycles. The summed E-state index contributed by atoms with van der Waals surface area (Å²) in [6, 6.07) is 0. The maximum Gasteiger partial charge on any atom is 0.305 e. The summed E-state index contributed by atoms with van der Waals surface area (Å²) in [5.74, 6) is -0.0463. The Morgan fingerprint density at radius 1 is 1.20 bits per heavy atom. The molecule has 2 nitrogen and oxygen atoms in total. The van der Waals surface area contributed by atoms with Gasteiger partial charge in [-0.2, -0.15) is 0 Å². The minimum atomic E-state index is -0.0463. The van der Waals surface area contributed by atoms with E-state index in [1.807, 2.05) is 6.92 Å². The molecule has 0 N–H and O–H groups in total. The SMILES string of the molecule is C/C=C(/CC)CCOC(=O)CCCCC. The fourth-order valence-electron chi connectivity index (χ4n) is 1.41. The van der Waals surface area contributed by atoms with Gasteiger partial charge in [-0.1, -0.05) is 38.3 Å². The maximum atomic E-state index is 11.2. The molecule has 0 aromatic heterocycles. The summed E-state index contributed by atoms with van der Waals surface area (Å²) in [5, 5.41) is 0. The van der Waals surface area contributed by atoms with Crippen LogP contribution in [-0.4, -0.2) is 12.6 Å². The lowest BCUT2D eigenvalue weighted by Gasteiger charge is -2.06. The average molecular weight is 212 g/mol. The van der Waals surface area contributed by atoms with Crippen LogP contribution in [0.1, 0.15) is 59.3 Å². The predicted octanol–water partition coefficient (Wildman–Crippen LogP) is 3.86. The number of ether oxygens (including phenoxy) is 1. The van der Waals surface area contributed by atoms with Crippen LogP contribution in [0.5, 0.6) is 0 Å². The molecule has 0 unspecified atom stereocenters. The van der Waals surface area contributed by atoms with E-state index < -0.39 is 0 Å². The highest BCUT2D eigenvalue weighted by Crippen LogP contribution is 2.07. The first kappa shape index (κ1) is 14.2. The first-order valence-electron chi connectivity index (χ1n) is 6.04. The van der Waals surface area contributed by atoms with Crippen LogP contribution in [0.15, 0.2) is 11.6 Å². The number of carbonyl (C=O) groups is 1. The zero-order valence-corrected chi connectivity index (χ0v) is 10.3. The van der Waals surface area contributed by atoms with E-state index in [2.05, 4.69) is 19.9 Å². The van der Waals surface area contributed by atoms with Gasteiger partial charge >= 0.3 is 5.97 Å². The van der Waals surface area contributed by atoms with Crippen molar-refractivity contribution in [1.29, 1.82) is 0 Å². The molecule has 0 heterocycles. The average Bonchev–Trinajstić information content (AvgIpc) is 2.25. The fraction of sp³-hybridized carbons (Fsp3) is 0.769. The zero-order chi connectivity index (χ0) is 11.5. The quantitative estimate of drug-likeness (QED) is 0.347. The maximum absolute atomic E-state index is 11.2. The largest absolute Gasteiger partial charge is 0.465 e. The summed E-state index contributed by atoms with van der Waals surface area (Å²) < 4.78 is 5.14. The molecule has 0 amide bonds. The molecule has 0 radical (unpaired) electrons. The van der Waals surface area contributed by atoms with Crippen LogP contribution in [0.3, 0.4) is 0 Å². The Morgan fingerprint density at radius 2 is 1.93 bits per heavy atom. The van der Waals surface area contributed by atoms with Gasteiger partial charge in [0.2, 0.25) is 0 Å². The number of unbranched alkanes of at least 4 members (excludes halogenated alkanes) is 2. The van der Waals surface area contributed by atoms with E-state index in [1.54, 1.807) is 0 Å². The molecule has 0 aliphatic heterocycles. The number of esters is 1. The Labute approximate surface area is 93.7 Å². The monoisotopic (exact) mass is 212 g/mol. The summed E-state index contributed by atoms with van der Waals surface area (Å²) in [4.78, 5) is 11.2. The van der Waals surface area contributed by atoms with Crippen LogP contribution in [0.4, 0.5) is 0 Å². The summed E-state index contributed by atoms with van der Waals surface area (Å²) in [5.41, 5.74) is 1.36. The molecular weight excluding hydrogens is 188 g/mol. The molecule has 0 aromatic rings. The highest BCUT2D eigenvalue weighted by atomic mass is 16.5. The zero-order valence-electron chi connectivity index (χ0n) is 10.3. The van der Waals surface area contributed by atoms with E-state index in [0.717, 1.165) is 32.1 Å². The molecule has 0 aliphatic rings. The molecule has 88 valence electrons. The van der Waals surface area contributed by atoms with Crippen molar-refractivity contribution in [1.82, 2.24) is 0 Å². The van der Waals surface area contributed by atoms with Crippen LogP contribution in [-0.2, 0) is 9.53 Å². The van der Waals surface area contributed by atoms with E-state index in [-0.39, 0.29) is 5.97 Å². The topological polar surface area (TPSA) is 26.3 Å². The van der Waals surface area contributed by atoms with Crippen molar-refractivity contribution in [3.63, 3.8) is 0 Å². The van der Waals surface area contributed by atoms with Crippen molar-refractivity contribution in [2.24, 2.45) is 0 Å². The smallest absolute Gasteiger partial charge is 0.305 e. The third-order valence-electron chi connectivity index (χ3n) is 2.53. The van der Waals surface area contributed by atoms with Crippen molar-refractivity contribution in [3.05, 3.63) is 11.6 Å². The second kappa shape index (κ2) is 9.75. The first-order valence-corrected chi connectivity index (χ1v) is 6.04. The van der Waals surface area contributed by atoms with Crippen LogP contribution in [0.25, 0.3) is 0 Å². The standard InChI is InChI=1S/C13H24O2/c1-4-7-8-9-13(14)15-11-10-12(5-2)6-3/h5H,4,6-11H2,1-3H3/b12-5-. The lowest BCUT2D eigenvalue weighted by atomic mass is 10.1. The third-order valence-corrected chi connectivity index (χ3v) is 2.53. The Bertz CT molecular complexity index is 195. The van der Waals surface area contributed by atoms with Gasteiger partial charge in [0.15, 0.2) is 0 Å². The van der Waals surface area contributed by atoms with Gasteiger partial charge < -0.3 is 4.74 Å². The molecule has 15 heavy (non-hydrogen) atoms. The molecule has 0 bridgehead atoms. The van der Waals surface area contributed by atoms with E-state index in [4.69, 9.17) is 4.74 Å². The minimum absolute atomic E-state index is 0.0463. The normalized spacial score (nSPS) is 11.5. The third kappa shape index (κ3) is 8.22. The van der Waals surface area contributed by atoms with E-state index in [9.17, 15) is 4.79 Å². The second-order valence-corrected chi connectivity index (χ2v) is 3.73. The Hall–Kier alpha value is -0.790. The Kier molecular flexibility index (Phi) is 9.24. The molecule has 0 aliphatic carbocycles. The molecule has 0 spiro atoms. The van der Waals surface area contributed by atoms with Gasteiger partial charge in [0, 0.05) is 12.8 Å². The van der Waals surface area contributed by atoms with Crippen molar-refractivity contribution in [3.8, 4) is 0 Å². The molecule has 0 rings (SSSR count). The molecule has 2 heteroatoms. The van der Waals surface area contributed by atoms with E-state index in [0.29, 0.717) is 13.0 Å². The van der Waals surface area contributed by atoms with E-state index in [1.165, 1.54) is 5.57 Å². The van der Waals surface area contributed by atoms with Gasteiger partial charge in [0.1, 0.15) is 0 Å². The van der Waals surface area contributed by atoms with Gasteiger partial charge in [-0.15, -0.1) is 0 Å². The highest BCUT2D eigenvalue weighted by Gasteiger charge is 2.02. The highest BCUT2D eigenvalue weighted by molar-refractivity contribution is 5.69. The first-order chi connectivity index (χ1) is 7.24. The molecule has 0 saturated carbocycles. The lowest BCUT2D eigenvalue weighted by molar-refractivity contribution is -0.143. The number of hydrogen-bond acceptors (Lipinski definition) is 2. The molecule has 0 aromatic carbocycles. The summed E-state index contributed by atoms with van der Waals surface area (Å²) in [6.45, 7) is 6.82. The fourth-order valence-corrected chi connectivity index (χ4v) is 1.41. The van der Waals surface area contributed by atoms with Crippen molar-refractivity contribution >= 4 is 5.97 Å². The van der Waals surface area contributed by atoms with Crippen LogP contribution in [0.2, 0.25) is 0 Å². The number of carbonyl (C=O) groups excluding carboxylic acids is 1. The number of rotatable bonds is 8. The molecule has 0 fully saturated rings. The van der Waals surface area contributed by atoms with Gasteiger partial charge in [-0.05, 0) is 19.8 Å². The minimum Gasteiger partial charge on any atom is -0.465 e. The molecular formula is C13H24O2. The van der Waals surface area contributed by atoms with Gasteiger partial charge in [-0.3, -0.25) is 4.79 Å². The second-order valence-electron chi connectivity index (χ2n) is 3.73. The van der Waals surface area contributed by atoms with Crippen LogP contribution in [0, 0.1) is 0 Å². The summed E-state index contributed by atoms with van der Waals surface area (Å²) in [7, 11) is 0. The Balaban J connectivity index is 3.46. The summed E-state index contributed by atoms with van der Waals surface area (Å²) in [6.07, 6.45) is 7.82. The predicted molar refractivity (Wildman–Crippen MR) is 63.8 cm³/mol. The van der Waals surface area contributed by atoms with Crippen molar-refractivity contribution in [2.45, 2.75) is 59.3 Å². The lowest BCUT2D eigenvalue weighted by Crippen LogP contribution is -2.06. The molecule has 0 atom stereocenters. The van der Waals surface area contributed by atoms with Crippen LogP contribution < -0.4 is 0 Å². The number of allylic oxidation sites excluding steroid dienone is 1. The van der Waals surface area contributed by atoms with Gasteiger partial charge in [-0.25, -0.2) is 0 Å². The van der Waals surface area contributed by atoms with Crippen molar-refractivity contribution < 1.29 is 9.53 Å².